The maximum absolute atomic E-state index is 12.8. The van der Waals surface area contributed by atoms with Crippen molar-refractivity contribution < 1.29 is 19.1 Å². The van der Waals surface area contributed by atoms with E-state index in [1.165, 1.54) is 109 Å². The van der Waals surface area contributed by atoms with Crippen LogP contribution in [0.15, 0.2) is 0 Å². The molecule has 0 atom stereocenters. The lowest BCUT2D eigenvalue weighted by molar-refractivity contribution is -0.150. The molecule has 0 rings (SSSR count). The van der Waals surface area contributed by atoms with Crippen molar-refractivity contribution in [2.45, 2.75) is 226 Å². The summed E-state index contributed by atoms with van der Waals surface area (Å²) in [6, 6.07) is 0. The Kier molecular flexibility index (Phi) is 35.3. The molecule has 0 spiro atoms. The molecule has 0 aliphatic carbocycles. The number of unbranched alkanes of at least 4 members (excludes halogenated alkanes) is 18. The van der Waals surface area contributed by atoms with Gasteiger partial charge in [-0.15, -0.1) is 0 Å². The highest BCUT2D eigenvalue weighted by atomic mass is 16.5. The number of hydrogen-bond donors (Lipinski definition) is 1. The molecule has 0 aliphatic heterocycles. The molecule has 2 N–H and O–H groups in total. The van der Waals surface area contributed by atoms with Crippen LogP contribution in [0.3, 0.4) is 0 Å². The lowest BCUT2D eigenvalue weighted by Gasteiger charge is -2.22. The molecule has 0 aromatic carbocycles. The van der Waals surface area contributed by atoms with Crippen molar-refractivity contribution in [3.05, 3.63) is 0 Å². The molecule has 0 saturated heterocycles. The van der Waals surface area contributed by atoms with Gasteiger partial charge < -0.3 is 20.1 Å². The van der Waals surface area contributed by atoms with E-state index in [4.69, 9.17) is 15.2 Å². The Morgan fingerprint density at radius 3 is 1.30 bits per heavy atom. The zero-order valence-electron chi connectivity index (χ0n) is 32.1. The summed E-state index contributed by atoms with van der Waals surface area (Å²) in [6.07, 6.45) is 33.1. The molecule has 0 bridgehead atoms. The number of nitrogens with two attached hydrogens (primary N) is 1. The number of carbonyl (C=O) groups excluding carboxylic acids is 2. The van der Waals surface area contributed by atoms with E-state index < -0.39 is 0 Å². The third kappa shape index (κ3) is 31.9. The second-order valence-corrected chi connectivity index (χ2v) is 14.2. The fourth-order valence-electron chi connectivity index (χ4n) is 6.42. The van der Waals surface area contributed by atoms with E-state index in [0.717, 1.165) is 90.4 Å². The van der Waals surface area contributed by atoms with Crippen LogP contribution in [0.5, 0.6) is 0 Å². The van der Waals surface area contributed by atoms with Crippen molar-refractivity contribution in [1.29, 1.82) is 0 Å². The van der Waals surface area contributed by atoms with Crippen LogP contribution in [0, 0.1) is 0 Å². The van der Waals surface area contributed by atoms with Crippen LogP contribution in [-0.4, -0.2) is 55.2 Å². The highest BCUT2D eigenvalue weighted by molar-refractivity contribution is 5.69. The molecule has 280 valence electrons. The van der Waals surface area contributed by atoms with Gasteiger partial charge in [-0.05, 0) is 103 Å². The van der Waals surface area contributed by atoms with Gasteiger partial charge in [0.1, 0.15) is 12.2 Å². The van der Waals surface area contributed by atoms with Crippen molar-refractivity contribution >= 4 is 11.9 Å². The maximum atomic E-state index is 12.8. The molecule has 0 aliphatic rings. The number of ether oxygens (including phenoxy) is 2. The van der Waals surface area contributed by atoms with Gasteiger partial charge in [0.2, 0.25) is 0 Å². The number of nitrogens with zero attached hydrogens (tertiary/aromatic N) is 1. The molecule has 0 saturated carbocycles. The number of esters is 2. The van der Waals surface area contributed by atoms with E-state index in [1.807, 2.05) is 0 Å². The highest BCUT2D eigenvalue weighted by Crippen LogP contribution is 2.18. The summed E-state index contributed by atoms with van der Waals surface area (Å²) < 4.78 is 11.6. The Balaban J connectivity index is 4.29. The Hall–Kier alpha value is -1.14. The van der Waals surface area contributed by atoms with Crippen LogP contribution in [0.25, 0.3) is 0 Å². The van der Waals surface area contributed by atoms with Crippen molar-refractivity contribution in [2.24, 2.45) is 5.73 Å². The van der Waals surface area contributed by atoms with Gasteiger partial charge in [0, 0.05) is 12.8 Å². The number of carbonyl (C=O) groups is 2. The lowest BCUT2D eigenvalue weighted by atomic mass is 10.0. The zero-order valence-corrected chi connectivity index (χ0v) is 32.1. The van der Waals surface area contributed by atoms with Crippen molar-refractivity contribution in [3.63, 3.8) is 0 Å². The van der Waals surface area contributed by atoms with Gasteiger partial charge in [-0.1, -0.05) is 124 Å². The Bertz CT molecular complexity index is 654. The third-order valence-electron chi connectivity index (χ3n) is 9.66. The molecular formula is C41H82N2O4. The van der Waals surface area contributed by atoms with E-state index >= 15 is 0 Å². The normalized spacial score (nSPS) is 11.7. The predicted octanol–water partition coefficient (Wildman–Crippen LogP) is 11.5. The average molecular weight is 667 g/mol. The molecule has 6 nitrogen and oxygen atoms in total. The van der Waals surface area contributed by atoms with Crippen molar-refractivity contribution in [3.8, 4) is 0 Å². The zero-order chi connectivity index (χ0) is 34.6. The molecule has 0 aromatic rings. The molecule has 0 fully saturated rings. The van der Waals surface area contributed by atoms with Gasteiger partial charge in [0.05, 0.1) is 0 Å². The fourth-order valence-corrected chi connectivity index (χ4v) is 6.42. The summed E-state index contributed by atoms with van der Waals surface area (Å²) in [6.45, 7) is 12.7. The average Bonchev–Trinajstić information content (AvgIpc) is 3.07. The predicted molar refractivity (Wildman–Crippen MR) is 202 cm³/mol. The quantitative estimate of drug-likeness (QED) is 0.0525. The van der Waals surface area contributed by atoms with E-state index in [9.17, 15) is 9.59 Å². The summed E-state index contributed by atoms with van der Waals surface area (Å²) >= 11 is 0. The molecule has 0 amide bonds. The third-order valence-corrected chi connectivity index (χ3v) is 9.66. The van der Waals surface area contributed by atoms with Crippen LogP contribution < -0.4 is 5.73 Å². The minimum atomic E-state index is -0.0264. The van der Waals surface area contributed by atoms with E-state index in [1.54, 1.807) is 0 Å². The first-order chi connectivity index (χ1) is 23.0. The van der Waals surface area contributed by atoms with Crippen LogP contribution in [0.2, 0.25) is 0 Å². The first-order valence-corrected chi connectivity index (χ1v) is 20.8. The van der Waals surface area contributed by atoms with E-state index in [0.29, 0.717) is 12.8 Å². The van der Waals surface area contributed by atoms with Gasteiger partial charge in [-0.25, -0.2) is 0 Å². The monoisotopic (exact) mass is 667 g/mol. The lowest BCUT2D eigenvalue weighted by Crippen LogP contribution is -2.28. The topological polar surface area (TPSA) is 81.9 Å². The molecule has 0 heterocycles. The molecule has 47 heavy (non-hydrogen) atoms. The molecular weight excluding hydrogens is 584 g/mol. The van der Waals surface area contributed by atoms with Gasteiger partial charge in [-0.3, -0.25) is 9.59 Å². The highest BCUT2D eigenvalue weighted by Gasteiger charge is 2.15. The Morgan fingerprint density at radius 1 is 0.468 bits per heavy atom. The van der Waals surface area contributed by atoms with Crippen LogP contribution in [0.1, 0.15) is 214 Å². The second-order valence-electron chi connectivity index (χ2n) is 14.2. The first-order valence-electron chi connectivity index (χ1n) is 20.8. The largest absolute Gasteiger partial charge is 0.462 e. The van der Waals surface area contributed by atoms with E-state index in [2.05, 4.69) is 32.6 Å². The van der Waals surface area contributed by atoms with Gasteiger partial charge in [0.25, 0.3) is 0 Å². The summed E-state index contributed by atoms with van der Waals surface area (Å²) in [5.41, 5.74) is 5.77. The number of hydrogen-bond acceptors (Lipinski definition) is 6. The Labute approximate surface area is 293 Å². The standard InChI is InChI=1S/C41H82N2O4/c1-5-9-11-13-18-22-30-39(31-23-19-14-12-10-6-2)47-41(45)33-25-28-36-43(37-29-26-34-42)35-27-21-17-15-16-20-24-32-40(44)46-38(7-3)8-4/h38-39H,5-37,42H2,1-4H3. The van der Waals surface area contributed by atoms with Crippen LogP contribution in [0.4, 0.5) is 0 Å². The van der Waals surface area contributed by atoms with E-state index in [-0.39, 0.29) is 24.1 Å². The maximum Gasteiger partial charge on any atom is 0.306 e. The molecule has 0 unspecified atom stereocenters. The first kappa shape index (κ1) is 45.9. The molecule has 0 radical (unpaired) electrons. The Morgan fingerprint density at radius 2 is 0.830 bits per heavy atom. The van der Waals surface area contributed by atoms with Gasteiger partial charge in [-0.2, -0.15) is 0 Å². The fraction of sp³-hybridized carbons (Fsp3) is 0.951. The summed E-state index contributed by atoms with van der Waals surface area (Å²) in [7, 11) is 0. The summed E-state index contributed by atoms with van der Waals surface area (Å²) in [5.74, 6) is -0.00818. The summed E-state index contributed by atoms with van der Waals surface area (Å²) in [4.78, 5) is 27.4. The molecule has 0 aromatic heterocycles. The smallest absolute Gasteiger partial charge is 0.306 e. The molecule has 6 heteroatoms. The van der Waals surface area contributed by atoms with Gasteiger partial charge in [0.15, 0.2) is 0 Å². The second kappa shape index (κ2) is 36.1. The minimum absolute atomic E-state index is 0.0182. The van der Waals surface area contributed by atoms with Gasteiger partial charge >= 0.3 is 11.9 Å². The SMILES string of the molecule is CCCCCCCCC(CCCCCCCC)OC(=O)CCCCN(CCCCN)CCCCCCCCCC(=O)OC(CC)CC. The summed E-state index contributed by atoms with van der Waals surface area (Å²) in [5, 5.41) is 0. The van der Waals surface area contributed by atoms with Crippen LogP contribution in [-0.2, 0) is 19.1 Å². The van der Waals surface area contributed by atoms with Crippen molar-refractivity contribution in [2.75, 3.05) is 26.2 Å². The van der Waals surface area contributed by atoms with Crippen LogP contribution >= 0.6 is 0 Å². The van der Waals surface area contributed by atoms with Crippen molar-refractivity contribution in [1.82, 2.24) is 4.90 Å². The number of rotatable bonds is 37. The minimum Gasteiger partial charge on any atom is -0.462 e.